The summed E-state index contributed by atoms with van der Waals surface area (Å²) in [6.07, 6.45) is 3.33. The highest BCUT2D eigenvalue weighted by Gasteiger charge is 2.58. The normalized spacial score (nSPS) is 37.8. The van der Waals surface area contributed by atoms with Crippen LogP contribution in [0.2, 0.25) is 0 Å². The molecule has 3 fully saturated rings. The first-order valence-corrected chi connectivity index (χ1v) is 9.09. The summed E-state index contributed by atoms with van der Waals surface area (Å²) >= 11 is 0. The van der Waals surface area contributed by atoms with Crippen LogP contribution in [0.4, 0.5) is 0 Å². The Morgan fingerprint density at radius 1 is 1.12 bits per heavy atom. The van der Waals surface area contributed by atoms with Crippen molar-refractivity contribution in [1.82, 2.24) is 0 Å². The molecule has 3 rings (SSSR count). The molecular weight excluding hydrogens is 308 g/mol. The van der Waals surface area contributed by atoms with E-state index in [0.29, 0.717) is 35.9 Å². The van der Waals surface area contributed by atoms with Crippen molar-refractivity contribution >= 4 is 11.9 Å². The zero-order valence-electron chi connectivity index (χ0n) is 14.8. The summed E-state index contributed by atoms with van der Waals surface area (Å²) in [5.74, 6) is 1.56. The lowest BCUT2D eigenvalue weighted by atomic mass is 9.80. The molecule has 3 aliphatic rings. The second-order valence-electron chi connectivity index (χ2n) is 7.58. The first kappa shape index (κ1) is 17.5. The molecule has 2 bridgehead atoms. The van der Waals surface area contributed by atoms with Gasteiger partial charge in [-0.2, -0.15) is 0 Å². The maximum absolute atomic E-state index is 12.3. The molecule has 24 heavy (non-hydrogen) atoms. The van der Waals surface area contributed by atoms with Gasteiger partial charge in [0.05, 0.1) is 5.92 Å². The molecule has 5 nitrogen and oxygen atoms in total. The third-order valence-corrected chi connectivity index (χ3v) is 6.03. The number of rotatable bonds is 6. The van der Waals surface area contributed by atoms with E-state index in [-0.39, 0.29) is 24.0 Å². The van der Waals surface area contributed by atoms with Crippen molar-refractivity contribution in [3.63, 3.8) is 0 Å². The topological polar surface area (TPSA) is 61.8 Å². The molecule has 0 radical (unpaired) electrons. The largest absolute Gasteiger partial charge is 0.459 e. The highest BCUT2D eigenvalue weighted by molar-refractivity contribution is 5.87. The quantitative estimate of drug-likeness (QED) is 0.424. The summed E-state index contributed by atoms with van der Waals surface area (Å²) in [6.45, 7) is 9.51. The van der Waals surface area contributed by atoms with E-state index in [2.05, 4.69) is 6.58 Å². The molecular formula is C19H28O5. The predicted octanol–water partition coefficient (Wildman–Crippen LogP) is 3.08. The van der Waals surface area contributed by atoms with Crippen molar-refractivity contribution < 1.29 is 23.8 Å². The monoisotopic (exact) mass is 336 g/mol. The van der Waals surface area contributed by atoms with Crippen molar-refractivity contribution in [2.24, 2.45) is 29.6 Å². The highest BCUT2D eigenvalue weighted by Crippen LogP contribution is 2.61. The van der Waals surface area contributed by atoms with Gasteiger partial charge in [0.15, 0.2) is 6.29 Å². The van der Waals surface area contributed by atoms with Gasteiger partial charge in [-0.3, -0.25) is 4.79 Å². The second-order valence-corrected chi connectivity index (χ2v) is 7.58. The molecule has 3 aliphatic carbocycles. The Morgan fingerprint density at radius 3 is 2.50 bits per heavy atom. The fraction of sp³-hybridized carbons (Fsp3) is 0.789. The number of fused-ring (bicyclic) bond motifs is 5. The molecule has 0 spiro atoms. The van der Waals surface area contributed by atoms with Gasteiger partial charge in [0.25, 0.3) is 0 Å². The molecule has 7 atom stereocenters. The molecule has 0 aromatic rings. The summed E-state index contributed by atoms with van der Waals surface area (Å²) in [5.41, 5.74) is 0.451. The number of ether oxygens (including phenoxy) is 3. The number of hydrogen-bond donors (Lipinski definition) is 0. The third kappa shape index (κ3) is 3.23. The van der Waals surface area contributed by atoms with Crippen molar-refractivity contribution in [2.45, 2.75) is 58.8 Å². The minimum atomic E-state index is -0.482. The third-order valence-electron chi connectivity index (χ3n) is 6.03. The van der Waals surface area contributed by atoms with Crippen LogP contribution in [0.25, 0.3) is 0 Å². The summed E-state index contributed by atoms with van der Waals surface area (Å²) < 4.78 is 16.3. The fourth-order valence-corrected chi connectivity index (χ4v) is 5.10. The Labute approximate surface area is 143 Å². The number of carbonyl (C=O) groups is 2. The van der Waals surface area contributed by atoms with Crippen LogP contribution >= 0.6 is 0 Å². The average Bonchev–Trinajstić information content (AvgIpc) is 3.17. The summed E-state index contributed by atoms with van der Waals surface area (Å²) in [7, 11) is 0. The highest BCUT2D eigenvalue weighted by atomic mass is 16.7. The van der Waals surface area contributed by atoms with E-state index in [4.69, 9.17) is 14.2 Å². The number of carbonyl (C=O) groups excluding carboxylic acids is 2. The molecule has 7 unspecified atom stereocenters. The zero-order valence-corrected chi connectivity index (χ0v) is 14.8. The molecule has 3 saturated carbocycles. The van der Waals surface area contributed by atoms with Gasteiger partial charge in [-0.05, 0) is 70.1 Å². The molecule has 0 aromatic carbocycles. The fourth-order valence-electron chi connectivity index (χ4n) is 5.10. The Morgan fingerprint density at radius 2 is 1.83 bits per heavy atom. The smallest absolute Gasteiger partial charge is 0.333 e. The molecule has 0 amide bonds. The molecule has 0 aliphatic heterocycles. The van der Waals surface area contributed by atoms with Crippen molar-refractivity contribution in [3.8, 4) is 0 Å². The van der Waals surface area contributed by atoms with Crippen LogP contribution < -0.4 is 0 Å². The summed E-state index contributed by atoms with van der Waals surface area (Å²) in [4.78, 5) is 24.2. The van der Waals surface area contributed by atoms with Crippen LogP contribution in [0.5, 0.6) is 0 Å². The molecule has 134 valence electrons. The van der Waals surface area contributed by atoms with Gasteiger partial charge in [-0.15, -0.1) is 0 Å². The Kier molecular flexibility index (Phi) is 5.00. The maximum atomic E-state index is 12.3. The van der Waals surface area contributed by atoms with E-state index >= 15 is 0 Å². The Bertz CT molecular complexity index is 528. The predicted molar refractivity (Wildman–Crippen MR) is 87.8 cm³/mol. The van der Waals surface area contributed by atoms with E-state index in [0.717, 1.165) is 25.7 Å². The lowest BCUT2D eigenvalue weighted by Gasteiger charge is -2.31. The van der Waals surface area contributed by atoms with Gasteiger partial charge in [0, 0.05) is 12.2 Å². The van der Waals surface area contributed by atoms with Crippen LogP contribution in [0.3, 0.4) is 0 Å². The average molecular weight is 336 g/mol. The van der Waals surface area contributed by atoms with E-state index in [1.54, 1.807) is 13.8 Å². The lowest BCUT2D eigenvalue weighted by molar-refractivity contribution is -0.178. The van der Waals surface area contributed by atoms with Crippen molar-refractivity contribution in [1.29, 1.82) is 0 Å². The number of esters is 2. The van der Waals surface area contributed by atoms with Crippen LogP contribution in [0.15, 0.2) is 12.2 Å². The van der Waals surface area contributed by atoms with Crippen LogP contribution in [-0.2, 0) is 23.8 Å². The lowest BCUT2D eigenvalue weighted by Crippen LogP contribution is -2.32. The molecule has 0 heterocycles. The van der Waals surface area contributed by atoms with Crippen LogP contribution in [0.1, 0.15) is 46.5 Å². The molecule has 0 saturated heterocycles. The van der Waals surface area contributed by atoms with E-state index in [9.17, 15) is 9.59 Å². The van der Waals surface area contributed by atoms with Crippen LogP contribution in [0, 0.1) is 29.6 Å². The molecule has 0 N–H and O–H groups in total. The minimum absolute atomic E-state index is 0.00225. The van der Waals surface area contributed by atoms with E-state index in [1.807, 2.05) is 6.92 Å². The molecule has 0 aromatic heterocycles. The van der Waals surface area contributed by atoms with E-state index < -0.39 is 6.29 Å². The standard InChI is InChI=1S/C19H28O5/c1-5-22-11(4)23-19(21)13-7-14-12-6-16(15(14)8-13)17(9-12)24-18(20)10(2)3/h11-17H,2,5-9H2,1,3-4H3. The first-order chi connectivity index (χ1) is 11.4. The van der Waals surface area contributed by atoms with Crippen molar-refractivity contribution in [3.05, 3.63) is 12.2 Å². The molecule has 5 heteroatoms. The van der Waals surface area contributed by atoms with Crippen molar-refractivity contribution in [2.75, 3.05) is 6.61 Å². The maximum Gasteiger partial charge on any atom is 0.333 e. The summed E-state index contributed by atoms with van der Waals surface area (Å²) in [5, 5.41) is 0. The van der Waals surface area contributed by atoms with Gasteiger partial charge < -0.3 is 14.2 Å². The van der Waals surface area contributed by atoms with Gasteiger partial charge in [-0.25, -0.2) is 4.79 Å². The zero-order chi connectivity index (χ0) is 17.4. The Hall–Kier alpha value is -1.36. The second kappa shape index (κ2) is 6.87. The van der Waals surface area contributed by atoms with E-state index in [1.165, 1.54) is 0 Å². The Balaban J connectivity index is 1.57. The SMILES string of the molecule is C=C(C)C(=O)OC1CC2CC1C1CC(C(=O)OC(C)OCC)CC21. The first-order valence-electron chi connectivity index (χ1n) is 9.09. The van der Waals surface area contributed by atoms with Gasteiger partial charge in [0.2, 0.25) is 0 Å². The van der Waals surface area contributed by atoms with Gasteiger partial charge in [-0.1, -0.05) is 6.58 Å². The summed E-state index contributed by atoms with van der Waals surface area (Å²) in [6, 6.07) is 0. The van der Waals surface area contributed by atoms with Gasteiger partial charge >= 0.3 is 11.9 Å². The van der Waals surface area contributed by atoms with Gasteiger partial charge in [0.1, 0.15) is 6.10 Å². The number of hydrogen-bond acceptors (Lipinski definition) is 5. The van der Waals surface area contributed by atoms with Crippen LogP contribution in [-0.4, -0.2) is 30.9 Å². The minimum Gasteiger partial charge on any atom is -0.459 e.